The van der Waals surface area contributed by atoms with Crippen molar-refractivity contribution in [1.82, 2.24) is 9.47 Å². The van der Waals surface area contributed by atoms with Gasteiger partial charge < -0.3 is 15.1 Å². The quantitative estimate of drug-likeness (QED) is 0.400. The minimum Gasteiger partial charge on any atom is -0.480 e. The Bertz CT molecular complexity index is 1580. The number of aliphatic carboxylic acids is 2. The Balaban J connectivity index is 1.85. The largest absolute Gasteiger partial charge is 0.480 e. The van der Waals surface area contributed by atoms with E-state index in [0.717, 1.165) is 32.6 Å². The average Bonchev–Trinajstić information content (AvgIpc) is 3.42. The molecule has 0 saturated carbocycles. The summed E-state index contributed by atoms with van der Waals surface area (Å²) in [5.74, 6) is -2.70. The number of thiazole rings is 1. The molecule has 4 rings (SSSR count). The predicted molar refractivity (Wildman–Crippen MR) is 143 cm³/mol. The first-order valence-corrected chi connectivity index (χ1v) is 13.1. The second kappa shape index (κ2) is 10.3. The van der Waals surface area contributed by atoms with Gasteiger partial charge >= 0.3 is 11.9 Å². The van der Waals surface area contributed by atoms with Gasteiger partial charge in [-0.3, -0.25) is 28.6 Å². The predicted octanol–water partition coefficient (Wildman–Crippen LogP) is 1.85. The highest BCUT2D eigenvalue weighted by Crippen LogP contribution is 2.47. The molecule has 10 nitrogen and oxygen atoms in total. The molecule has 0 bridgehead atoms. The molecule has 2 aromatic rings. The fourth-order valence-corrected chi connectivity index (χ4v) is 7.14. The molecule has 2 N–H and O–H groups in total. The Morgan fingerprint density at radius 3 is 2.44 bits per heavy atom. The number of benzene rings is 1. The van der Waals surface area contributed by atoms with Crippen molar-refractivity contribution in [2.24, 2.45) is 0 Å². The zero-order valence-corrected chi connectivity index (χ0v) is 21.7. The van der Waals surface area contributed by atoms with Gasteiger partial charge in [0.1, 0.15) is 27.0 Å². The molecule has 1 aromatic heterocycles. The first kappa shape index (κ1) is 25.7. The SMILES string of the molecule is [C-]#[N+]c1ccc2c(c1)N(CC(=O)O)C(=CC=c1s/c(=C3\SC(=S)N(CC)C3=O)n(CC(=O)O)c1=O)S2. The number of carboxylic acid groups (broad SMARTS) is 2. The first-order valence-electron chi connectivity index (χ1n) is 10.2. The van der Waals surface area contributed by atoms with E-state index in [2.05, 4.69) is 4.85 Å². The molecule has 1 saturated heterocycles. The lowest BCUT2D eigenvalue weighted by molar-refractivity contribution is -0.138. The molecule has 1 aromatic carbocycles. The zero-order chi connectivity index (χ0) is 26.1. The van der Waals surface area contributed by atoms with Crippen molar-refractivity contribution < 1.29 is 24.6 Å². The lowest BCUT2D eigenvalue weighted by Crippen LogP contribution is -2.35. The first-order chi connectivity index (χ1) is 17.1. The Hall–Kier alpha value is -3.38. The van der Waals surface area contributed by atoms with Crippen molar-refractivity contribution in [3.63, 3.8) is 0 Å². The van der Waals surface area contributed by atoms with Crippen molar-refractivity contribution in [1.29, 1.82) is 0 Å². The molecule has 36 heavy (non-hydrogen) atoms. The Morgan fingerprint density at radius 2 is 1.83 bits per heavy atom. The number of rotatable bonds is 6. The van der Waals surface area contributed by atoms with E-state index in [0.29, 0.717) is 27.3 Å². The molecular formula is C22H16N4O6S4. The van der Waals surface area contributed by atoms with Crippen LogP contribution in [0.15, 0.2) is 39.0 Å². The van der Waals surface area contributed by atoms with Gasteiger partial charge in [0.2, 0.25) is 0 Å². The summed E-state index contributed by atoms with van der Waals surface area (Å²) < 4.78 is 1.74. The number of hydrogen-bond donors (Lipinski definition) is 2. The summed E-state index contributed by atoms with van der Waals surface area (Å²) in [6, 6.07) is 4.97. The maximum Gasteiger partial charge on any atom is 0.323 e. The highest BCUT2D eigenvalue weighted by Gasteiger charge is 2.33. The number of nitrogens with zero attached hydrogens (tertiary/aromatic N) is 4. The van der Waals surface area contributed by atoms with Crippen LogP contribution in [0.3, 0.4) is 0 Å². The second-order valence-corrected chi connectivity index (χ2v) is 11.1. The lowest BCUT2D eigenvalue weighted by Gasteiger charge is -2.17. The summed E-state index contributed by atoms with van der Waals surface area (Å²) in [6.07, 6.45) is 3.05. The minimum absolute atomic E-state index is 0.175. The maximum atomic E-state index is 13.1. The number of carboxylic acids is 2. The summed E-state index contributed by atoms with van der Waals surface area (Å²) in [4.78, 5) is 56.1. The van der Waals surface area contributed by atoms with Crippen molar-refractivity contribution in [2.45, 2.75) is 18.4 Å². The smallest absolute Gasteiger partial charge is 0.323 e. The number of amides is 1. The average molecular weight is 561 g/mol. The third-order valence-corrected chi connectivity index (χ3v) is 8.92. The molecule has 0 radical (unpaired) electrons. The minimum atomic E-state index is -1.24. The summed E-state index contributed by atoms with van der Waals surface area (Å²) in [6.45, 7) is 8.35. The number of thiocarbonyl (C=S) groups is 1. The van der Waals surface area contributed by atoms with E-state index < -0.39 is 24.0 Å². The van der Waals surface area contributed by atoms with Crippen LogP contribution in [0.25, 0.3) is 15.8 Å². The number of carbonyl (C=O) groups is 3. The molecule has 2 aliphatic heterocycles. The lowest BCUT2D eigenvalue weighted by atomic mass is 10.2. The normalized spacial score (nSPS) is 18.2. The van der Waals surface area contributed by atoms with Crippen LogP contribution in [-0.4, -0.2) is 54.9 Å². The van der Waals surface area contributed by atoms with Crippen molar-refractivity contribution in [3.05, 3.63) is 60.3 Å². The highest BCUT2D eigenvalue weighted by molar-refractivity contribution is 8.30. The molecule has 184 valence electrons. The van der Waals surface area contributed by atoms with Gasteiger partial charge in [-0.15, -0.1) is 11.3 Å². The van der Waals surface area contributed by atoms with Crippen LogP contribution >= 0.6 is 47.1 Å². The topological polar surface area (TPSA) is 125 Å². The number of thioether (sulfide) groups is 2. The number of carbonyl (C=O) groups excluding carboxylic acids is 1. The summed E-state index contributed by atoms with van der Waals surface area (Å²) >= 11 is 8.52. The van der Waals surface area contributed by atoms with Gasteiger partial charge in [-0.2, -0.15) is 0 Å². The molecular weight excluding hydrogens is 545 g/mol. The molecule has 1 fully saturated rings. The van der Waals surface area contributed by atoms with Gasteiger partial charge in [0, 0.05) is 17.1 Å². The molecule has 0 aliphatic carbocycles. The molecule has 1 amide bonds. The van der Waals surface area contributed by atoms with Gasteiger partial charge in [-0.1, -0.05) is 47.9 Å². The van der Waals surface area contributed by atoms with E-state index in [9.17, 15) is 29.4 Å². The van der Waals surface area contributed by atoms with E-state index in [1.165, 1.54) is 27.6 Å². The summed E-state index contributed by atoms with van der Waals surface area (Å²) in [5.41, 5.74) is 0.350. The third kappa shape index (κ3) is 4.82. The maximum absolute atomic E-state index is 13.1. The van der Waals surface area contributed by atoms with Gasteiger partial charge in [-0.05, 0) is 25.1 Å². The Morgan fingerprint density at radius 1 is 1.11 bits per heavy atom. The fraction of sp³-hybridized carbons (Fsp3) is 0.182. The monoisotopic (exact) mass is 560 g/mol. The molecule has 2 aliphatic rings. The molecule has 0 unspecified atom stereocenters. The Labute approximate surface area is 221 Å². The van der Waals surface area contributed by atoms with Crippen LogP contribution in [0.4, 0.5) is 11.4 Å². The van der Waals surface area contributed by atoms with Crippen molar-refractivity contribution >= 4 is 91.6 Å². The van der Waals surface area contributed by atoms with Gasteiger partial charge in [0.25, 0.3) is 11.5 Å². The van der Waals surface area contributed by atoms with E-state index in [1.54, 1.807) is 31.2 Å². The summed E-state index contributed by atoms with van der Waals surface area (Å²) in [5, 5.41) is 19.3. The number of aromatic nitrogens is 1. The van der Waals surface area contributed by atoms with Crippen LogP contribution < -0.4 is 19.7 Å². The number of allylic oxidation sites excluding steroid dienone is 1. The Kier molecular flexibility index (Phi) is 7.36. The van der Waals surface area contributed by atoms with Crippen LogP contribution in [-0.2, 0) is 20.9 Å². The van der Waals surface area contributed by atoms with Gasteiger partial charge in [0.05, 0.1) is 16.1 Å². The van der Waals surface area contributed by atoms with Gasteiger partial charge in [-0.25, -0.2) is 4.85 Å². The standard InChI is InChI=1S/C22H16N4O6S4/c1-3-24-20(32)18(36-22(24)33)21-26(10-17(29)30)19(31)14(35-21)6-7-15-25(9-16(27)28)12-8-11(23-2)4-5-13(12)34-15/h4-8H,3,9-10H2,1H3,(H,27,28)(H,29,30)/b14-6?,15-7?,21-18-. The third-order valence-electron chi connectivity index (χ3n) is 5.07. The highest BCUT2D eigenvalue weighted by atomic mass is 32.2. The number of anilines is 1. The van der Waals surface area contributed by atoms with Crippen LogP contribution in [0.5, 0.6) is 0 Å². The zero-order valence-electron chi connectivity index (χ0n) is 18.5. The number of hydrogen-bond acceptors (Lipinski definition) is 9. The molecule has 14 heteroatoms. The van der Waals surface area contributed by atoms with Crippen LogP contribution in [0, 0.1) is 6.57 Å². The van der Waals surface area contributed by atoms with E-state index in [4.69, 9.17) is 18.8 Å². The summed E-state index contributed by atoms with van der Waals surface area (Å²) in [7, 11) is 0. The van der Waals surface area contributed by atoms with E-state index in [-0.39, 0.29) is 26.6 Å². The van der Waals surface area contributed by atoms with E-state index >= 15 is 0 Å². The van der Waals surface area contributed by atoms with Crippen LogP contribution in [0.2, 0.25) is 0 Å². The molecule has 3 heterocycles. The van der Waals surface area contributed by atoms with Gasteiger partial charge in [0.15, 0.2) is 5.69 Å². The second-order valence-electron chi connectivity index (χ2n) is 7.32. The van der Waals surface area contributed by atoms with Crippen LogP contribution in [0.1, 0.15) is 6.92 Å². The van der Waals surface area contributed by atoms with Crippen molar-refractivity contribution in [3.8, 4) is 0 Å². The molecule has 0 spiro atoms. The number of fused-ring (bicyclic) bond motifs is 1. The van der Waals surface area contributed by atoms with E-state index in [1.807, 2.05) is 0 Å². The fourth-order valence-electron chi connectivity index (χ4n) is 3.51. The van der Waals surface area contributed by atoms with Crippen molar-refractivity contribution in [2.75, 3.05) is 18.0 Å². The molecule has 0 atom stereocenters.